The third kappa shape index (κ3) is 3.84. The van der Waals surface area contributed by atoms with E-state index in [-0.39, 0.29) is 23.3 Å². The van der Waals surface area contributed by atoms with Gasteiger partial charge < -0.3 is 5.32 Å². The first-order chi connectivity index (χ1) is 9.80. The SMILES string of the molecule is Cc1cccc(C(C)C)c1NC(=O)C1CCS(=O)(=O)CC1. The molecule has 1 amide bonds. The van der Waals surface area contributed by atoms with Gasteiger partial charge in [-0.1, -0.05) is 32.0 Å². The molecule has 5 heteroatoms. The summed E-state index contributed by atoms with van der Waals surface area (Å²) >= 11 is 0. The van der Waals surface area contributed by atoms with Crippen molar-refractivity contribution in [2.24, 2.45) is 5.92 Å². The first kappa shape index (κ1) is 16.0. The van der Waals surface area contributed by atoms with Crippen molar-refractivity contribution in [2.45, 2.75) is 39.5 Å². The highest BCUT2D eigenvalue weighted by Crippen LogP contribution is 2.29. The first-order valence-electron chi connectivity index (χ1n) is 7.41. The molecule has 2 rings (SSSR count). The highest BCUT2D eigenvalue weighted by atomic mass is 32.2. The number of carbonyl (C=O) groups is 1. The summed E-state index contributed by atoms with van der Waals surface area (Å²) in [5.74, 6) is 0.312. The number of carbonyl (C=O) groups excluding carboxylic acids is 1. The molecule has 0 saturated carbocycles. The molecule has 0 atom stereocenters. The van der Waals surface area contributed by atoms with Gasteiger partial charge in [0, 0.05) is 11.6 Å². The standard InChI is InChI=1S/C16H23NO3S/c1-11(2)14-6-4-5-12(3)15(14)17-16(18)13-7-9-21(19,20)10-8-13/h4-6,11,13H,7-10H2,1-3H3,(H,17,18). The molecule has 1 aliphatic rings. The average Bonchev–Trinajstić information content (AvgIpc) is 2.40. The van der Waals surface area contributed by atoms with Crippen LogP contribution < -0.4 is 5.32 Å². The molecule has 1 aromatic carbocycles. The van der Waals surface area contributed by atoms with Gasteiger partial charge in [-0.25, -0.2) is 8.42 Å². The fourth-order valence-corrected chi connectivity index (χ4v) is 4.21. The molecule has 0 aromatic heterocycles. The summed E-state index contributed by atoms with van der Waals surface area (Å²) in [6.45, 7) is 6.17. The van der Waals surface area contributed by atoms with E-state index in [4.69, 9.17) is 0 Å². The highest BCUT2D eigenvalue weighted by molar-refractivity contribution is 7.91. The van der Waals surface area contributed by atoms with Crippen LogP contribution in [0.25, 0.3) is 0 Å². The topological polar surface area (TPSA) is 63.2 Å². The number of amides is 1. The number of hydrogen-bond acceptors (Lipinski definition) is 3. The number of hydrogen-bond donors (Lipinski definition) is 1. The van der Waals surface area contributed by atoms with Crippen molar-refractivity contribution < 1.29 is 13.2 Å². The van der Waals surface area contributed by atoms with E-state index in [1.807, 2.05) is 25.1 Å². The van der Waals surface area contributed by atoms with Crippen molar-refractivity contribution in [1.82, 2.24) is 0 Å². The van der Waals surface area contributed by atoms with Gasteiger partial charge in [-0.2, -0.15) is 0 Å². The van der Waals surface area contributed by atoms with Gasteiger partial charge in [0.15, 0.2) is 0 Å². The van der Waals surface area contributed by atoms with Gasteiger partial charge in [-0.15, -0.1) is 0 Å². The Hall–Kier alpha value is -1.36. The maximum Gasteiger partial charge on any atom is 0.227 e. The second-order valence-corrected chi connectivity index (χ2v) is 8.41. The van der Waals surface area contributed by atoms with Crippen LogP contribution in [-0.4, -0.2) is 25.8 Å². The fraction of sp³-hybridized carbons (Fsp3) is 0.562. The van der Waals surface area contributed by atoms with Crippen LogP contribution in [0, 0.1) is 12.8 Å². The molecular weight excluding hydrogens is 286 g/mol. The van der Waals surface area contributed by atoms with Crippen LogP contribution in [-0.2, 0) is 14.6 Å². The molecule has 0 unspecified atom stereocenters. The van der Waals surface area contributed by atoms with Gasteiger partial charge in [0.05, 0.1) is 11.5 Å². The Morgan fingerprint density at radius 3 is 2.43 bits per heavy atom. The number of aryl methyl sites for hydroxylation is 1. The smallest absolute Gasteiger partial charge is 0.227 e. The number of rotatable bonds is 3. The summed E-state index contributed by atoms with van der Waals surface area (Å²) in [7, 11) is -2.93. The molecule has 1 heterocycles. The van der Waals surface area contributed by atoms with Crippen molar-refractivity contribution >= 4 is 21.4 Å². The maximum absolute atomic E-state index is 12.4. The van der Waals surface area contributed by atoms with E-state index in [1.165, 1.54) is 0 Å². The second kappa shape index (κ2) is 6.18. The van der Waals surface area contributed by atoms with Crippen molar-refractivity contribution in [3.8, 4) is 0 Å². The van der Waals surface area contributed by atoms with E-state index in [0.29, 0.717) is 18.8 Å². The number of para-hydroxylation sites is 1. The molecule has 1 saturated heterocycles. The summed E-state index contributed by atoms with van der Waals surface area (Å²) < 4.78 is 22.9. The minimum absolute atomic E-state index is 0.0545. The fourth-order valence-electron chi connectivity index (χ4n) is 2.72. The Bertz CT molecular complexity index is 621. The Morgan fingerprint density at radius 2 is 1.86 bits per heavy atom. The van der Waals surface area contributed by atoms with Gasteiger partial charge in [0.25, 0.3) is 0 Å². The van der Waals surface area contributed by atoms with Crippen LogP contribution in [0.4, 0.5) is 5.69 Å². The van der Waals surface area contributed by atoms with E-state index >= 15 is 0 Å². The van der Waals surface area contributed by atoms with Crippen LogP contribution in [0.1, 0.15) is 43.7 Å². The Balaban J connectivity index is 2.14. The van der Waals surface area contributed by atoms with Crippen LogP contribution in [0.3, 0.4) is 0 Å². The van der Waals surface area contributed by atoms with E-state index in [9.17, 15) is 13.2 Å². The van der Waals surface area contributed by atoms with Crippen LogP contribution in [0.2, 0.25) is 0 Å². The molecule has 1 N–H and O–H groups in total. The second-order valence-electron chi connectivity index (χ2n) is 6.11. The maximum atomic E-state index is 12.4. The lowest BCUT2D eigenvalue weighted by atomic mass is 9.96. The zero-order chi connectivity index (χ0) is 15.6. The van der Waals surface area contributed by atoms with E-state index in [1.54, 1.807) is 0 Å². The molecule has 1 aliphatic heterocycles. The average molecular weight is 309 g/mol. The van der Waals surface area contributed by atoms with Gasteiger partial charge >= 0.3 is 0 Å². The lowest BCUT2D eigenvalue weighted by Gasteiger charge is -2.23. The Labute approximate surface area is 126 Å². The molecule has 1 aromatic rings. The summed E-state index contributed by atoms with van der Waals surface area (Å²) in [5, 5.41) is 3.02. The monoisotopic (exact) mass is 309 g/mol. The molecule has 21 heavy (non-hydrogen) atoms. The Kier molecular flexibility index (Phi) is 4.71. The molecule has 1 fully saturated rings. The first-order valence-corrected chi connectivity index (χ1v) is 9.23. The van der Waals surface area contributed by atoms with Crippen LogP contribution in [0.15, 0.2) is 18.2 Å². The highest BCUT2D eigenvalue weighted by Gasteiger charge is 2.29. The summed E-state index contributed by atoms with van der Waals surface area (Å²) in [6.07, 6.45) is 0.855. The van der Waals surface area contributed by atoms with Gasteiger partial charge in [0.1, 0.15) is 9.84 Å². The minimum atomic E-state index is -2.93. The van der Waals surface area contributed by atoms with Crippen molar-refractivity contribution in [1.29, 1.82) is 0 Å². The lowest BCUT2D eigenvalue weighted by Crippen LogP contribution is -2.32. The zero-order valence-electron chi connectivity index (χ0n) is 12.8. The van der Waals surface area contributed by atoms with E-state index in [2.05, 4.69) is 19.2 Å². The zero-order valence-corrected chi connectivity index (χ0v) is 13.7. The molecule has 0 spiro atoms. The third-order valence-corrected chi connectivity index (χ3v) is 5.82. The summed E-state index contributed by atoms with van der Waals surface area (Å²) in [6, 6.07) is 6.00. The van der Waals surface area contributed by atoms with Crippen molar-refractivity contribution in [3.63, 3.8) is 0 Å². The predicted molar refractivity (Wildman–Crippen MR) is 85.3 cm³/mol. The summed E-state index contributed by atoms with van der Waals surface area (Å²) in [4.78, 5) is 12.4. The van der Waals surface area contributed by atoms with Gasteiger partial charge in [0.2, 0.25) is 5.91 Å². The van der Waals surface area contributed by atoms with Crippen molar-refractivity contribution in [3.05, 3.63) is 29.3 Å². The number of sulfone groups is 1. The largest absolute Gasteiger partial charge is 0.325 e. The van der Waals surface area contributed by atoms with Gasteiger partial charge in [-0.3, -0.25) is 4.79 Å². The normalized spacial score (nSPS) is 18.7. The predicted octanol–water partition coefficient (Wildman–Crippen LogP) is 2.88. The number of anilines is 1. The molecule has 0 bridgehead atoms. The molecule has 4 nitrogen and oxygen atoms in total. The van der Waals surface area contributed by atoms with E-state index < -0.39 is 9.84 Å². The number of benzene rings is 1. The molecule has 116 valence electrons. The molecule has 0 aliphatic carbocycles. The molecule has 0 radical (unpaired) electrons. The number of nitrogens with one attached hydrogen (secondary N) is 1. The third-order valence-electron chi connectivity index (χ3n) is 4.10. The quantitative estimate of drug-likeness (QED) is 0.934. The van der Waals surface area contributed by atoms with Crippen molar-refractivity contribution in [2.75, 3.05) is 16.8 Å². The van der Waals surface area contributed by atoms with Crippen LogP contribution in [0.5, 0.6) is 0 Å². The molecular formula is C16H23NO3S. The van der Waals surface area contributed by atoms with Crippen LogP contribution >= 0.6 is 0 Å². The lowest BCUT2D eigenvalue weighted by molar-refractivity contribution is -0.120. The van der Waals surface area contributed by atoms with Gasteiger partial charge in [-0.05, 0) is 36.8 Å². The van der Waals surface area contributed by atoms with E-state index in [0.717, 1.165) is 16.8 Å². The summed E-state index contributed by atoms with van der Waals surface area (Å²) in [5.41, 5.74) is 3.04. The Morgan fingerprint density at radius 1 is 1.24 bits per heavy atom. The minimum Gasteiger partial charge on any atom is -0.325 e.